The number of aromatic carboxylic acids is 1. The van der Waals surface area contributed by atoms with E-state index < -0.39 is 11.8 Å². The van der Waals surface area contributed by atoms with Crippen LogP contribution in [0.3, 0.4) is 0 Å². The maximum atomic E-state index is 13.4. The van der Waals surface area contributed by atoms with Gasteiger partial charge in [0, 0.05) is 6.54 Å². The van der Waals surface area contributed by atoms with Gasteiger partial charge in [0.1, 0.15) is 11.4 Å². The Morgan fingerprint density at radius 2 is 2.05 bits per heavy atom. The number of hydrogen-bond donors (Lipinski definition) is 3. The van der Waals surface area contributed by atoms with Gasteiger partial charge in [0.25, 0.3) is 0 Å². The molecule has 0 saturated carbocycles. The minimum absolute atomic E-state index is 0.0358. The zero-order chi connectivity index (χ0) is 16.0. The van der Waals surface area contributed by atoms with E-state index in [2.05, 4.69) is 26.1 Å². The van der Waals surface area contributed by atoms with Crippen LogP contribution in [0.2, 0.25) is 0 Å². The average molecular weight is 296 g/mol. The molecule has 0 aliphatic heterocycles. The SMILES string of the molecule is CCCCCC(C)(C)CNc1ccc(F)c(N)c1C(=O)O. The van der Waals surface area contributed by atoms with Crippen LogP contribution in [0.4, 0.5) is 15.8 Å². The van der Waals surface area contributed by atoms with E-state index in [1.807, 2.05) is 0 Å². The van der Waals surface area contributed by atoms with Crippen molar-refractivity contribution in [2.45, 2.75) is 46.5 Å². The standard InChI is InChI=1S/C16H25FN2O2/c1-4-5-6-9-16(2,3)10-19-12-8-7-11(17)14(18)13(12)15(20)21/h7-8,19H,4-6,9-10,18H2,1-3H3,(H,20,21). The molecule has 0 bridgehead atoms. The van der Waals surface area contributed by atoms with E-state index in [1.165, 1.54) is 25.0 Å². The molecule has 1 aromatic rings. The highest BCUT2D eigenvalue weighted by Crippen LogP contribution is 2.28. The highest BCUT2D eigenvalue weighted by atomic mass is 19.1. The van der Waals surface area contributed by atoms with Gasteiger partial charge in [0.2, 0.25) is 0 Å². The molecular weight excluding hydrogens is 271 g/mol. The summed E-state index contributed by atoms with van der Waals surface area (Å²) in [5.41, 5.74) is 5.41. The smallest absolute Gasteiger partial charge is 0.340 e. The topological polar surface area (TPSA) is 75.3 Å². The summed E-state index contributed by atoms with van der Waals surface area (Å²) in [6, 6.07) is 2.62. The lowest BCUT2D eigenvalue weighted by molar-refractivity contribution is 0.0698. The van der Waals surface area contributed by atoms with Gasteiger partial charge in [-0.15, -0.1) is 0 Å². The van der Waals surface area contributed by atoms with Crippen molar-refractivity contribution in [2.24, 2.45) is 5.41 Å². The Hall–Kier alpha value is -1.78. The molecule has 0 fully saturated rings. The number of carbonyl (C=O) groups is 1. The van der Waals surface area contributed by atoms with E-state index in [1.54, 1.807) is 0 Å². The highest BCUT2D eigenvalue weighted by Gasteiger charge is 2.21. The quantitative estimate of drug-likeness (QED) is 0.498. The summed E-state index contributed by atoms with van der Waals surface area (Å²) >= 11 is 0. The van der Waals surface area contributed by atoms with Crippen molar-refractivity contribution in [3.63, 3.8) is 0 Å². The van der Waals surface area contributed by atoms with Gasteiger partial charge in [-0.05, 0) is 24.0 Å². The first-order valence-electron chi connectivity index (χ1n) is 7.33. The zero-order valence-corrected chi connectivity index (χ0v) is 13.0. The second kappa shape index (κ2) is 7.29. The van der Waals surface area contributed by atoms with Crippen LogP contribution in [0.25, 0.3) is 0 Å². The first-order valence-corrected chi connectivity index (χ1v) is 7.33. The lowest BCUT2D eigenvalue weighted by atomic mass is 9.86. The average Bonchev–Trinajstić information content (AvgIpc) is 2.40. The third-order valence-electron chi connectivity index (χ3n) is 3.62. The van der Waals surface area contributed by atoms with Crippen molar-refractivity contribution in [3.05, 3.63) is 23.5 Å². The van der Waals surface area contributed by atoms with Gasteiger partial charge in [-0.1, -0.05) is 40.0 Å². The lowest BCUT2D eigenvalue weighted by Crippen LogP contribution is -2.24. The van der Waals surface area contributed by atoms with Crippen LogP contribution in [0.15, 0.2) is 12.1 Å². The van der Waals surface area contributed by atoms with E-state index in [4.69, 9.17) is 5.73 Å². The van der Waals surface area contributed by atoms with Crippen molar-refractivity contribution in [1.82, 2.24) is 0 Å². The third-order valence-corrected chi connectivity index (χ3v) is 3.62. The van der Waals surface area contributed by atoms with Crippen molar-refractivity contribution in [3.8, 4) is 0 Å². The monoisotopic (exact) mass is 296 g/mol. The fourth-order valence-corrected chi connectivity index (χ4v) is 2.25. The van der Waals surface area contributed by atoms with Gasteiger partial charge in [0.05, 0.1) is 11.4 Å². The molecule has 0 aliphatic carbocycles. The highest BCUT2D eigenvalue weighted by molar-refractivity contribution is 6.00. The second-order valence-electron chi connectivity index (χ2n) is 6.16. The van der Waals surface area contributed by atoms with Crippen molar-refractivity contribution in [2.75, 3.05) is 17.6 Å². The van der Waals surface area contributed by atoms with Crippen LogP contribution in [-0.2, 0) is 0 Å². The molecule has 0 radical (unpaired) electrons. The number of carboxylic acid groups (broad SMARTS) is 1. The molecule has 0 heterocycles. The van der Waals surface area contributed by atoms with E-state index in [0.717, 1.165) is 12.8 Å². The number of nitrogen functional groups attached to an aromatic ring is 1. The Morgan fingerprint density at radius 3 is 2.62 bits per heavy atom. The molecule has 1 rings (SSSR count). The predicted molar refractivity (Wildman–Crippen MR) is 84.2 cm³/mol. The number of hydrogen-bond acceptors (Lipinski definition) is 3. The predicted octanol–water partition coefficient (Wildman–Crippen LogP) is 4.12. The maximum absolute atomic E-state index is 13.4. The normalized spacial score (nSPS) is 11.4. The summed E-state index contributed by atoms with van der Waals surface area (Å²) < 4.78 is 13.4. The van der Waals surface area contributed by atoms with Crippen molar-refractivity contribution in [1.29, 1.82) is 0 Å². The number of unbranched alkanes of at least 4 members (excludes halogenated alkanes) is 2. The lowest BCUT2D eigenvalue weighted by Gasteiger charge is -2.26. The Kier molecular flexibility index (Phi) is 6.00. The molecule has 1 aromatic carbocycles. The van der Waals surface area contributed by atoms with Crippen LogP contribution in [-0.4, -0.2) is 17.6 Å². The van der Waals surface area contributed by atoms with Crippen LogP contribution < -0.4 is 11.1 Å². The van der Waals surface area contributed by atoms with Gasteiger partial charge in [0.15, 0.2) is 0 Å². The molecule has 118 valence electrons. The van der Waals surface area contributed by atoms with E-state index in [0.29, 0.717) is 12.2 Å². The third kappa shape index (κ3) is 4.92. The second-order valence-corrected chi connectivity index (χ2v) is 6.16. The molecule has 0 amide bonds. The summed E-state index contributed by atoms with van der Waals surface area (Å²) in [7, 11) is 0. The first kappa shape index (κ1) is 17.3. The van der Waals surface area contributed by atoms with Crippen molar-refractivity contribution < 1.29 is 14.3 Å². The molecule has 0 atom stereocenters. The molecule has 0 unspecified atom stereocenters. The summed E-state index contributed by atoms with van der Waals surface area (Å²) in [4.78, 5) is 11.2. The number of rotatable bonds is 8. The molecule has 0 aromatic heterocycles. The van der Waals surface area contributed by atoms with Crippen LogP contribution in [0, 0.1) is 11.2 Å². The molecular formula is C16H25FN2O2. The Bertz CT molecular complexity index is 501. The van der Waals surface area contributed by atoms with Crippen LogP contribution >= 0.6 is 0 Å². The van der Waals surface area contributed by atoms with Gasteiger partial charge < -0.3 is 16.2 Å². The summed E-state index contributed by atoms with van der Waals surface area (Å²) in [5, 5.41) is 12.3. The molecule has 21 heavy (non-hydrogen) atoms. The molecule has 0 saturated heterocycles. The zero-order valence-electron chi connectivity index (χ0n) is 13.0. The Morgan fingerprint density at radius 1 is 1.38 bits per heavy atom. The van der Waals surface area contributed by atoms with Crippen LogP contribution in [0.1, 0.15) is 56.8 Å². The maximum Gasteiger partial charge on any atom is 0.340 e. The fraction of sp³-hybridized carbons (Fsp3) is 0.562. The number of anilines is 2. The molecule has 4 N–H and O–H groups in total. The summed E-state index contributed by atoms with van der Waals surface area (Å²) in [6.45, 7) is 7.03. The number of nitrogens with one attached hydrogen (secondary N) is 1. The van der Waals surface area contributed by atoms with Gasteiger partial charge >= 0.3 is 5.97 Å². The van der Waals surface area contributed by atoms with Crippen molar-refractivity contribution >= 4 is 17.3 Å². The Balaban J connectivity index is 2.80. The number of benzene rings is 1. The van der Waals surface area contributed by atoms with Gasteiger partial charge in [-0.2, -0.15) is 0 Å². The van der Waals surface area contributed by atoms with E-state index >= 15 is 0 Å². The number of carboxylic acids is 1. The molecule has 0 aliphatic rings. The minimum Gasteiger partial charge on any atom is -0.478 e. The van der Waals surface area contributed by atoms with E-state index in [-0.39, 0.29) is 16.7 Å². The first-order chi connectivity index (χ1) is 9.78. The minimum atomic E-state index is -1.22. The van der Waals surface area contributed by atoms with Crippen LogP contribution in [0.5, 0.6) is 0 Å². The van der Waals surface area contributed by atoms with Gasteiger partial charge in [-0.25, -0.2) is 9.18 Å². The molecule has 5 heteroatoms. The molecule has 4 nitrogen and oxygen atoms in total. The van der Waals surface area contributed by atoms with Gasteiger partial charge in [-0.3, -0.25) is 0 Å². The molecule has 0 spiro atoms. The number of halogens is 1. The Labute approximate surface area is 125 Å². The summed E-state index contributed by atoms with van der Waals surface area (Å²) in [6.07, 6.45) is 4.55. The van der Waals surface area contributed by atoms with E-state index in [9.17, 15) is 14.3 Å². The summed E-state index contributed by atoms with van der Waals surface area (Å²) in [5.74, 6) is -1.93. The largest absolute Gasteiger partial charge is 0.478 e. The number of nitrogens with two attached hydrogens (primary N) is 1. The fourth-order valence-electron chi connectivity index (χ4n) is 2.25.